The van der Waals surface area contributed by atoms with Gasteiger partial charge >= 0.3 is 0 Å². The van der Waals surface area contributed by atoms with Crippen LogP contribution in [0.3, 0.4) is 0 Å². The lowest BCUT2D eigenvalue weighted by Gasteiger charge is -2.28. The third kappa shape index (κ3) is 14.0. The number of H-pyrrole nitrogens is 1. The Morgan fingerprint density at radius 2 is 1.09 bits per heavy atom. The van der Waals surface area contributed by atoms with Crippen LogP contribution in [0, 0.1) is 49.4 Å². The summed E-state index contributed by atoms with van der Waals surface area (Å²) in [5.74, 6) is 1.23. The maximum Gasteiger partial charge on any atom is 0.270 e. The Balaban J connectivity index is 0.000000197. The molecule has 4 aliphatic rings. The van der Waals surface area contributed by atoms with E-state index in [1.54, 1.807) is 38.6 Å². The number of hydrogen-bond acceptors (Lipinski definition) is 11. The van der Waals surface area contributed by atoms with Crippen molar-refractivity contribution in [3.8, 4) is 22.3 Å². The van der Waals surface area contributed by atoms with Gasteiger partial charge in [-0.3, -0.25) is 33.6 Å². The van der Waals surface area contributed by atoms with Crippen molar-refractivity contribution in [2.24, 2.45) is 35.5 Å². The summed E-state index contributed by atoms with van der Waals surface area (Å²) in [5.41, 5.74) is 8.75. The average Bonchev–Trinajstić information content (AvgIpc) is 4.32. The average molecular weight is 1110 g/mol. The van der Waals surface area contributed by atoms with Crippen LogP contribution in [0.4, 0.5) is 11.4 Å². The monoisotopic (exact) mass is 1110 g/mol. The van der Waals surface area contributed by atoms with Crippen LogP contribution >= 0.6 is 0 Å². The molecule has 2 aromatic carbocycles. The number of aromatic nitrogens is 8. The molecule has 0 saturated heterocycles. The summed E-state index contributed by atoms with van der Waals surface area (Å²) in [6.45, 7) is 19.4. The zero-order valence-corrected chi connectivity index (χ0v) is 49.0. The van der Waals surface area contributed by atoms with Crippen LogP contribution in [0.15, 0.2) is 73.1 Å². The van der Waals surface area contributed by atoms with Gasteiger partial charge in [0, 0.05) is 67.4 Å². The highest BCUT2D eigenvalue weighted by molar-refractivity contribution is 6.76. The van der Waals surface area contributed by atoms with Crippen LogP contribution in [0.1, 0.15) is 135 Å². The number of aliphatic hydroxyl groups excluding tert-OH is 2. The first-order valence-corrected chi connectivity index (χ1v) is 32.5. The molecule has 0 bridgehead atoms. The van der Waals surface area contributed by atoms with Gasteiger partial charge in [-0.15, -0.1) is 0 Å². The number of hydrogen-bond donors (Lipinski definition) is 7. The maximum atomic E-state index is 13.8. The minimum Gasteiger partial charge on any atom is -0.390 e. The van der Waals surface area contributed by atoms with Crippen molar-refractivity contribution < 1.29 is 34.1 Å². The predicted octanol–water partition coefficient (Wildman–Crippen LogP) is 9.44. The number of benzene rings is 2. The first-order chi connectivity index (χ1) is 38.3. The van der Waals surface area contributed by atoms with E-state index in [0.717, 1.165) is 91.1 Å². The van der Waals surface area contributed by atoms with E-state index in [1.165, 1.54) is 0 Å². The van der Waals surface area contributed by atoms with Gasteiger partial charge in [-0.2, -0.15) is 20.4 Å². The summed E-state index contributed by atoms with van der Waals surface area (Å²) in [7, 11) is -1.20. The van der Waals surface area contributed by atoms with Crippen LogP contribution in [-0.2, 0) is 34.3 Å². The summed E-state index contributed by atoms with van der Waals surface area (Å²) < 4.78 is 11.0. The Morgan fingerprint density at radius 1 is 0.650 bits per heavy atom. The molecule has 0 unspecified atom stereocenters. The molecule has 4 amide bonds. The van der Waals surface area contributed by atoms with E-state index in [0.29, 0.717) is 71.2 Å². The summed E-state index contributed by atoms with van der Waals surface area (Å²) >= 11 is 0. The molecule has 4 saturated carbocycles. The van der Waals surface area contributed by atoms with Gasteiger partial charge in [0.15, 0.2) is 0 Å². The van der Waals surface area contributed by atoms with Crippen molar-refractivity contribution in [1.29, 1.82) is 0 Å². The van der Waals surface area contributed by atoms with Gasteiger partial charge in [0.05, 0.1) is 30.3 Å². The third-order valence-corrected chi connectivity index (χ3v) is 17.7. The number of nitrogens with zero attached hydrogens (tertiary/aromatic N) is 7. The fourth-order valence-electron chi connectivity index (χ4n) is 11.4. The highest BCUT2D eigenvalue weighted by Crippen LogP contribution is 2.52. The molecule has 19 nitrogen and oxygen atoms in total. The topological polar surface area (TPSA) is 248 Å². The number of carbonyl (C=O) groups excluding carboxylic acids is 4. The molecule has 4 aromatic heterocycles. The Kier molecular flexibility index (Phi) is 18.1. The zero-order valence-electron chi connectivity index (χ0n) is 48.0. The van der Waals surface area contributed by atoms with Crippen molar-refractivity contribution in [2.45, 2.75) is 163 Å². The molecule has 4 heterocycles. The van der Waals surface area contributed by atoms with Gasteiger partial charge in [-0.05, 0) is 182 Å². The van der Waals surface area contributed by atoms with Crippen molar-refractivity contribution in [3.63, 3.8) is 0 Å². The second-order valence-corrected chi connectivity index (χ2v) is 29.9. The Hall–Kier alpha value is -6.74. The number of ether oxygens (including phenoxy) is 1. The van der Waals surface area contributed by atoms with E-state index in [2.05, 4.69) is 66.4 Å². The molecule has 0 aliphatic heterocycles. The van der Waals surface area contributed by atoms with Gasteiger partial charge in [0.25, 0.3) is 11.8 Å². The normalized spacial score (nSPS) is 16.2. The number of carbonyl (C=O) groups is 4. The molecule has 2 atom stereocenters. The fourth-order valence-corrected chi connectivity index (χ4v) is 12.1. The number of aryl methyl sites for hydroxylation is 2. The van der Waals surface area contributed by atoms with E-state index in [-0.39, 0.29) is 60.8 Å². The highest BCUT2D eigenvalue weighted by atomic mass is 28.3. The number of aliphatic hydroxyl groups is 2. The van der Waals surface area contributed by atoms with Crippen molar-refractivity contribution in [2.75, 3.05) is 17.2 Å². The molecule has 4 aliphatic carbocycles. The third-order valence-electron chi connectivity index (χ3n) is 16.0. The Bertz CT molecular complexity index is 3080. The lowest BCUT2D eigenvalue weighted by atomic mass is 9.88. The lowest BCUT2D eigenvalue weighted by Crippen LogP contribution is -2.50. The number of amides is 4. The number of anilines is 2. The van der Waals surface area contributed by atoms with Gasteiger partial charge in [0.1, 0.15) is 30.2 Å². The van der Waals surface area contributed by atoms with E-state index in [1.807, 2.05) is 90.1 Å². The van der Waals surface area contributed by atoms with Gasteiger partial charge in [0.2, 0.25) is 11.8 Å². The van der Waals surface area contributed by atoms with E-state index in [4.69, 9.17) is 4.74 Å². The summed E-state index contributed by atoms with van der Waals surface area (Å²) in [5, 5.41) is 52.4. The van der Waals surface area contributed by atoms with Crippen molar-refractivity contribution in [1.82, 2.24) is 50.2 Å². The molecular weight excluding hydrogens is 1030 g/mol. The first kappa shape index (κ1) is 57.9. The standard InChI is InChI=1S/C33H48N6O4Si.C27H34N6O3/c1-21(2)39-27(15-16-34-39)32(41)36-31(30(24-7-8-24)25-9-10-25)33(42)35-26-13-11-23(12-14-26)29-22(3)37-38(28(29)19-40)20-43-17-18-44(4,5)6;1-15(2)33-22(12-13-28-33)26(35)30-25(24(18-4-5-18)19-6-7-19)27(36)29-20-10-8-17(9-11-20)23-16(3)31-32-21(23)14-34/h11-16,21,24-25,30-31,40H,7-10,17-20H2,1-6H3,(H,35,42)(H,36,41);8-13,15,18-19,24-25,34H,4-7,14H2,1-3H3,(H,29,36)(H,30,35)(H,31,32)/t31-;25-/m00/s1. The second kappa shape index (κ2) is 25.0. The second-order valence-electron chi connectivity index (χ2n) is 24.3. The highest BCUT2D eigenvalue weighted by Gasteiger charge is 2.50. The predicted molar refractivity (Wildman–Crippen MR) is 310 cm³/mol. The molecule has 4 fully saturated rings. The van der Waals surface area contributed by atoms with Crippen LogP contribution < -0.4 is 21.3 Å². The number of rotatable bonds is 25. The quantitative estimate of drug-likeness (QED) is 0.0210. The van der Waals surface area contributed by atoms with Gasteiger partial charge in [-0.25, -0.2) is 4.68 Å². The van der Waals surface area contributed by atoms with E-state index >= 15 is 0 Å². The van der Waals surface area contributed by atoms with Gasteiger partial charge in [-0.1, -0.05) is 43.9 Å². The van der Waals surface area contributed by atoms with E-state index in [9.17, 15) is 29.4 Å². The van der Waals surface area contributed by atoms with Gasteiger partial charge < -0.3 is 36.2 Å². The smallest absolute Gasteiger partial charge is 0.270 e. The number of nitrogens with one attached hydrogen (secondary N) is 5. The molecule has 20 heteroatoms. The SMILES string of the molecule is Cc1[nH]nc(CO)c1-c1ccc(NC(=O)[C@@H](NC(=O)c2ccnn2C(C)C)C(C2CC2)C2CC2)cc1.Cc1nn(COCC[Si](C)(C)C)c(CO)c1-c1ccc(NC(=O)[C@@H](NC(=O)c2ccnn2C(C)C)C(C2CC2)C2CC2)cc1. The Labute approximate surface area is 470 Å². The van der Waals surface area contributed by atoms with Crippen LogP contribution in [0.25, 0.3) is 22.3 Å². The summed E-state index contributed by atoms with van der Waals surface area (Å²) in [6.07, 6.45) is 12.1. The fraction of sp³-hybridized carbons (Fsp3) is 0.533. The molecule has 7 N–H and O–H groups in total. The van der Waals surface area contributed by atoms with Crippen LogP contribution in [-0.4, -0.2) is 100 Å². The molecule has 6 aromatic rings. The zero-order chi connectivity index (χ0) is 57.0. The Morgan fingerprint density at radius 3 is 1.48 bits per heavy atom. The summed E-state index contributed by atoms with van der Waals surface area (Å²) in [4.78, 5) is 54.2. The minimum absolute atomic E-state index is 0.0313. The first-order valence-electron chi connectivity index (χ1n) is 28.7. The largest absolute Gasteiger partial charge is 0.390 e. The molecule has 0 radical (unpaired) electrons. The molecule has 428 valence electrons. The molecule has 10 rings (SSSR count). The van der Waals surface area contributed by atoms with Crippen LogP contribution in [0.2, 0.25) is 25.7 Å². The van der Waals surface area contributed by atoms with Crippen LogP contribution in [0.5, 0.6) is 0 Å². The lowest BCUT2D eigenvalue weighted by molar-refractivity contribution is -0.120. The number of aromatic amines is 1. The molecular formula is C60H82N12O7Si. The molecule has 0 spiro atoms. The van der Waals surface area contributed by atoms with Crippen molar-refractivity contribution >= 4 is 43.1 Å². The summed E-state index contributed by atoms with van der Waals surface area (Å²) in [6, 6.07) is 18.4. The van der Waals surface area contributed by atoms with Crippen molar-refractivity contribution in [3.05, 3.63) is 107 Å². The molecule has 80 heavy (non-hydrogen) atoms. The maximum absolute atomic E-state index is 13.8. The minimum atomic E-state index is -1.20. The van der Waals surface area contributed by atoms with E-state index < -0.39 is 20.2 Å².